The number of ether oxygens (including phenoxy) is 2. The van der Waals surface area contributed by atoms with E-state index in [-0.39, 0.29) is 0 Å². The van der Waals surface area contributed by atoms with Crippen LogP contribution in [0.15, 0.2) is 35.3 Å². The van der Waals surface area contributed by atoms with Crippen molar-refractivity contribution in [3.63, 3.8) is 0 Å². The van der Waals surface area contributed by atoms with Crippen molar-refractivity contribution in [1.29, 1.82) is 0 Å². The molecular weight excluding hydrogens is 326 g/mol. The lowest BCUT2D eigenvalue weighted by atomic mass is 10.2. The smallest absolute Gasteiger partial charge is 0.191 e. The van der Waals surface area contributed by atoms with Crippen LogP contribution in [0.1, 0.15) is 51.0 Å². The fraction of sp³-hybridized carbons (Fsp3) is 0.571. The Morgan fingerprint density at radius 2 is 1.96 bits per heavy atom. The molecular formula is C21H31N3O2. The number of hydrogen-bond donors (Lipinski definition) is 2. The second kappa shape index (κ2) is 9.51. The minimum absolute atomic E-state index is 0.320. The molecule has 0 bridgehead atoms. The van der Waals surface area contributed by atoms with Crippen molar-refractivity contribution in [1.82, 2.24) is 10.6 Å². The minimum atomic E-state index is 0.320. The van der Waals surface area contributed by atoms with Crippen LogP contribution >= 0.6 is 0 Å². The van der Waals surface area contributed by atoms with Gasteiger partial charge in [-0.25, -0.2) is 4.99 Å². The molecule has 2 aliphatic rings. The van der Waals surface area contributed by atoms with Gasteiger partial charge in [-0.15, -0.1) is 0 Å². The van der Waals surface area contributed by atoms with Crippen LogP contribution in [-0.4, -0.2) is 31.8 Å². The van der Waals surface area contributed by atoms with Crippen molar-refractivity contribution in [3.8, 4) is 11.5 Å². The van der Waals surface area contributed by atoms with Gasteiger partial charge in [-0.3, -0.25) is 0 Å². The van der Waals surface area contributed by atoms with Crippen LogP contribution in [0.25, 0.3) is 0 Å². The zero-order chi connectivity index (χ0) is 18.2. The Kier molecular flexibility index (Phi) is 6.81. The van der Waals surface area contributed by atoms with E-state index in [4.69, 9.17) is 14.5 Å². The first kappa shape index (κ1) is 18.6. The van der Waals surface area contributed by atoms with E-state index in [1.54, 1.807) is 7.11 Å². The van der Waals surface area contributed by atoms with E-state index < -0.39 is 0 Å². The molecule has 0 unspecified atom stereocenters. The molecule has 0 amide bonds. The quantitative estimate of drug-likeness (QED) is 0.443. The van der Waals surface area contributed by atoms with E-state index in [9.17, 15) is 0 Å². The lowest BCUT2D eigenvalue weighted by Crippen LogP contribution is -2.42. The summed E-state index contributed by atoms with van der Waals surface area (Å²) in [5.41, 5.74) is 1.10. The number of guanidine groups is 1. The summed E-state index contributed by atoms with van der Waals surface area (Å²) in [4.78, 5) is 4.78. The number of hydrogen-bond acceptors (Lipinski definition) is 3. The molecule has 0 radical (unpaired) electrons. The third kappa shape index (κ3) is 5.16. The van der Waals surface area contributed by atoms with Gasteiger partial charge in [0.05, 0.1) is 19.8 Å². The first-order valence-electron chi connectivity index (χ1n) is 9.82. The summed E-state index contributed by atoms with van der Waals surface area (Å²) in [5.74, 6) is 2.59. The maximum atomic E-state index is 6.27. The van der Waals surface area contributed by atoms with Gasteiger partial charge < -0.3 is 20.1 Å². The number of aliphatic imine (C=N–C) groups is 1. The maximum absolute atomic E-state index is 6.27. The Morgan fingerprint density at radius 1 is 1.19 bits per heavy atom. The van der Waals surface area contributed by atoms with Crippen LogP contribution in [-0.2, 0) is 6.54 Å². The van der Waals surface area contributed by atoms with Crippen molar-refractivity contribution in [3.05, 3.63) is 35.9 Å². The molecule has 0 aliphatic heterocycles. The van der Waals surface area contributed by atoms with Crippen LogP contribution in [0.5, 0.6) is 11.5 Å². The largest absolute Gasteiger partial charge is 0.497 e. The fourth-order valence-electron chi connectivity index (χ4n) is 3.50. The van der Waals surface area contributed by atoms with Gasteiger partial charge >= 0.3 is 0 Å². The van der Waals surface area contributed by atoms with Crippen LogP contribution in [0.3, 0.4) is 0 Å². The molecule has 0 spiro atoms. The van der Waals surface area contributed by atoms with E-state index in [0.29, 0.717) is 18.7 Å². The number of rotatable bonds is 7. The molecule has 0 saturated heterocycles. The van der Waals surface area contributed by atoms with Crippen molar-refractivity contribution in [2.24, 2.45) is 4.99 Å². The Labute approximate surface area is 156 Å². The molecule has 26 heavy (non-hydrogen) atoms. The van der Waals surface area contributed by atoms with E-state index in [0.717, 1.165) is 55.3 Å². The molecule has 1 fully saturated rings. The van der Waals surface area contributed by atoms with E-state index in [1.807, 2.05) is 12.1 Å². The van der Waals surface area contributed by atoms with Crippen LogP contribution in [0, 0.1) is 0 Å². The van der Waals surface area contributed by atoms with Crippen LogP contribution in [0.2, 0.25) is 0 Å². The van der Waals surface area contributed by atoms with Crippen molar-refractivity contribution < 1.29 is 9.47 Å². The van der Waals surface area contributed by atoms with E-state index in [1.165, 1.54) is 12.8 Å². The lowest BCUT2D eigenvalue weighted by molar-refractivity contribution is 0.207. The van der Waals surface area contributed by atoms with Crippen molar-refractivity contribution >= 4 is 5.96 Å². The van der Waals surface area contributed by atoms with Crippen molar-refractivity contribution in [2.75, 3.05) is 13.7 Å². The zero-order valence-electron chi connectivity index (χ0n) is 16.0. The average molecular weight is 357 g/mol. The molecule has 0 aromatic heterocycles. The molecule has 0 heterocycles. The highest BCUT2D eigenvalue weighted by Crippen LogP contribution is 2.30. The van der Waals surface area contributed by atoms with Gasteiger partial charge in [0.1, 0.15) is 11.5 Å². The topological polar surface area (TPSA) is 54.9 Å². The van der Waals surface area contributed by atoms with Gasteiger partial charge in [0.15, 0.2) is 5.96 Å². The monoisotopic (exact) mass is 357 g/mol. The number of nitrogens with zero attached hydrogens (tertiary/aromatic N) is 1. The number of benzene rings is 1. The Bertz CT molecular complexity index is 628. The highest BCUT2D eigenvalue weighted by molar-refractivity contribution is 5.80. The summed E-state index contributed by atoms with van der Waals surface area (Å²) in [6.07, 6.45) is 11.7. The van der Waals surface area contributed by atoms with Gasteiger partial charge in [-0.05, 0) is 57.6 Å². The van der Waals surface area contributed by atoms with Gasteiger partial charge in [0.2, 0.25) is 0 Å². The SMILES string of the molecule is CCNC(=NCc1ccc(OC)cc1OC1CCCC1)NC1CC=CC1. The standard InChI is InChI=1S/C21H31N3O2/c1-3-22-21(24-17-8-4-5-9-17)23-15-16-12-13-19(25-2)14-20(16)26-18-10-6-7-11-18/h4-5,12-14,17-18H,3,6-11,15H2,1-2H3,(H2,22,23,24). The molecule has 3 rings (SSSR count). The van der Waals surface area contributed by atoms with Crippen LogP contribution in [0.4, 0.5) is 0 Å². The summed E-state index contributed by atoms with van der Waals surface area (Å²) in [6, 6.07) is 6.48. The predicted molar refractivity (Wildman–Crippen MR) is 106 cm³/mol. The minimum Gasteiger partial charge on any atom is -0.497 e. The van der Waals surface area contributed by atoms with E-state index >= 15 is 0 Å². The molecule has 5 nitrogen and oxygen atoms in total. The summed E-state index contributed by atoms with van der Waals surface area (Å²) >= 11 is 0. The van der Waals surface area contributed by atoms with E-state index in [2.05, 4.69) is 35.8 Å². The fourth-order valence-corrected chi connectivity index (χ4v) is 3.50. The molecule has 5 heteroatoms. The summed E-state index contributed by atoms with van der Waals surface area (Å²) < 4.78 is 11.7. The Morgan fingerprint density at radius 3 is 2.65 bits per heavy atom. The van der Waals surface area contributed by atoms with Crippen molar-refractivity contribution in [2.45, 2.75) is 64.1 Å². The summed E-state index contributed by atoms with van der Waals surface area (Å²) in [6.45, 7) is 3.52. The molecule has 0 atom stereocenters. The summed E-state index contributed by atoms with van der Waals surface area (Å²) in [5, 5.41) is 6.85. The molecule has 142 valence electrons. The maximum Gasteiger partial charge on any atom is 0.191 e. The normalized spacial score (nSPS) is 18.3. The molecule has 1 aromatic rings. The van der Waals surface area contributed by atoms with Gasteiger partial charge in [0.25, 0.3) is 0 Å². The van der Waals surface area contributed by atoms with Gasteiger partial charge in [0, 0.05) is 24.2 Å². The Balaban J connectivity index is 1.70. The highest BCUT2D eigenvalue weighted by atomic mass is 16.5. The molecule has 2 aliphatic carbocycles. The van der Waals surface area contributed by atoms with Gasteiger partial charge in [-0.2, -0.15) is 0 Å². The average Bonchev–Trinajstić information content (AvgIpc) is 3.34. The molecule has 2 N–H and O–H groups in total. The molecule has 1 aromatic carbocycles. The first-order valence-corrected chi connectivity index (χ1v) is 9.82. The zero-order valence-corrected chi connectivity index (χ0v) is 16.0. The molecule has 1 saturated carbocycles. The summed E-state index contributed by atoms with van der Waals surface area (Å²) in [7, 11) is 1.69. The first-order chi connectivity index (χ1) is 12.8. The second-order valence-corrected chi connectivity index (χ2v) is 6.98. The lowest BCUT2D eigenvalue weighted by Gasteiger charge is -2.18. The number of methoxy groups -OCH3 is 1. The predicted octanol–water partition coefficient (Wildman–Crippen LogP) is 3.79. The third-order valence-corrected chi connectivity index (χ3v) is 4.97. The Hall–Kier alpha value is -2.17. The number of nitrogens with one attached hydrogen (secondary N) is 2. The van der Waals surface area contributed by atoms with Crippen LogP contribution < -0.4 is 20.1 Å². The second-order valence-electron chi connectivity index (χ2n) is 6.98. The third-order valence-electron chi connectivity index (χ3n) is 4.97. The highest BCUT2D eigenvalue weighted by Gasteiger charge is 2.18. The van der Waals surface area contributed by atoms with Gasteiger partial charge in [-0.1, -0.05) is 12.2 Å².